The highest BCUT2D eigenvalue weighted by molar-refractivity contribution is 5.96. The van der Waals surface area contributed by atoms with E-state index in [1.165, 1.54) is 4.90 Å². The Balaban J connectivity index is 2.05. The molecule has 1 aromatic rings. The Kier molecular flexibility index (Phi) is 7.02. The molecule has 1 aliphatic rings. The highest BCUT2D eigenvalue weighted by Crippen LogP contribution is 2.19. The molecule has 1 heterocycles. The van der Waals surface area contributed by atoms with Crippen LogP contribution in [0.5, 0.6) is 5.75 Å². The van der Waals surface area contributed by atoms with Crippen molar-refractivity contribution in [3.63, 3.8) is 0 Å². The molecule has 0 aliphatic carbocycles. The summed E-state index contributed by atoms with van der Waals surface area (Å²) in [6.45, 7) is 1.68. The second-order valence-corrected chi connectivity index (χ2v) is 5.54. The molecule has 1 amide bonds. The molecule has 1 N–H and O–H groups in total. The number of carboxylic acids is 1. The van der Waals surface area contributed by atoms with Crippen molar-refractivity contribution in [2.24, 2.45) is 0 Å². The van der Waals surface area contributed by atoms with E-state index in [0.29, 0.717) is 50.6 Å². The maximum Gasteiger partial charge on any atom is 0.323 e. The van der Waals surface area contributed by atoms with Crippen LogP contribution in [0.4, 0.5) is 0 Å². The van der Waals surface area contributed by atoms with E-state index in [-0.39, 0.29) is 18.5 Å². The molecular formula is C17H23NO6. The van der Waals surface area contributed by atoms with Crippen molar-refractivity contribution >= 4 is 11.9 Å². The Morgan fingerprint density at radius 2 is 1.88 bits per heavy atom. The second kappa shape index (κ2) is 9.24. The van der Waals surface area contributed by atoms with Crippen LogP contribution in [-0.4, -0.2) is 68.0 Å². The monoisotopic (exact) mass is 337 g/mol. The fraction of sp³-hybridized carbons (Fsp3) is 0.529. The molecular weight excluding hydrogens is 314 g/mol. The molecule has 7 nitrogen and oxygen atoms in total. The molecule has 0 unspecified atom stereocenters. The van der Waals surface area contributed by atoms with Crippen molar-refractivity contribution in [3.8, 4) is 5.75 Å². The molecule has 0 aromatic heterocycles. The summed E-state index contributed by atoms with van der Waals surface area (Å²) in [5.41, 5.74) is 0.446. The maximum absolute atomic E-state index is 12.7. The Labute approximate surface area is 141 Å². The van der Waals surface area contributed by atoms with Crippen molar-refractivity contribution in [1.29, 1.82) is 0 Å². The standard InChI is InChI=1S/C17H23NO6/c1-22-10-11-24-15-4-2-13(3-5-15)17(21)18(12-16(19)20)14-6-8-23-9-7-14/h2-5,14H,6-12H2,1H3,(H,19,20). The van der Waals surface area contributed by atoms with Crippen LogP contribution in [0.3, 0.4) is 0 Å². The second-order valence-electron chi connectivity index (χ2n) is 5.54. The van der Waals surface area contributed by atoms with E-state index in [2.05, 4.69) is 0 Å². The number of ether oxygens (including phenoxy) is 3. The number of amides is 1. The molecule has 0 bridgehead atoms. The Bertz CT molecular complexity index is 539. The number of carbonyl (C=O) groups is 2. The van der Waals surface area contributed by atoms with Crippen LogP contribution in [0.1, 0.15) is 23.2 Å². The number of rotatable bonds is 8. The number of hydrogen-bond acceptors (Lipinski definition) is 5. The number of carboxylic acid groups (broad SMARTS) is 1. The molecule has 1 aliphatic heterocycles. The number of carbonyl (C=O) groups excluding carboxylic acids is 1. The minimum absolute atomic E-state index is 0.111. The number of nitrogens with zero attached hydrogens (tertiary/aromatic N) is 1. The number of aliphatic carboxylic acids is 1. The number of hydrogen-bond donors (Lipinski definition) is 1. The van der Waals surface area contributed by atoms with Gasteiger partial charge in [0, 0.05) is 31.9 Å². The molecule has 24 heavy (non-hydrogen) atoms. The highest BCUT2D eigenvalue weighted by atomic mass is 16.5. The minimum Gasteiger partial charge on any atom is -0.491 e. The summed E-state index contributed by atoms with van der Waals surface area (Å²) in [5, 5.41) is 9.12. The van der Waals surface area contributed by atoms with Gasteiger partial charge in [-0.2, -0.15) is 0 Å². The maximum atomic E-state index is 12.7. The first-order chi connectivity index (χ1) is 11.6. The van der Waals surface area contributed by atoms with Crippen LogP contribution in [-0.2, 0) is 14.3 Å². The summed E-state index contributed by atoms with van der Waals surface area (Å²) < 4.78 is 15.7. The molecule has 0 spiro atoms. The van der Waals surface area contributed by atoms with Crippen molar-refractivity contribution < 1.29 is 28.9 Å². The summed E-state index contributed by atoms with van der Waals surface area (Å²) in [6, 6.07) is 6.59. The average molecular weight is 337 g/mol. The third-order valence-corrected chi connectivity index (χ3v) is 3.86. The lowest BCUT2D eigenvalue weighted by Gasteiger charge is -2.33. The molecule has 0 radical (unpaired) electrons. The van der Waals surface area contributed by atoms with Crippen LogP contribution in [0.2, 0.25) is 0 Å². The van der Waals surface area contributed by atoms with E-state index in [0.717, 1.165) is 0 Å². The summed E-state index contributed by atoms with van der Waals surface area (Å²) in [5.74, 6) is -0.665. The normalized spacial score (nSPS) is 15.0. The van der Waals surface area contributed by atoms with Crippen LogP contribution < -0.4 is 4.74 Å². The van der Waals surface area contributed by atoms with Crippen LogP contribution in [0, 0.1) is 0 Å². The summed E-state index contributed by atoms with van der Waals surface area (Å²) in [6.07, 6.45) is 1.30. The van der Waals surface area contributed by atoms with Gasteiger partial charge in [0.25, 0.3) is 5.91 Å². The quantitative estimate of drug-likeness (QED) is 0.722. The van der Waals surface area contributed by atoms with E-state index in [1.807, 2.05) is 0 Å². The third-order valence-electron chi connectivity index (χ3n) is 3.86. The van der Waals surface area contributed by atoms with Gasteiger partial charge in [0.1, 0.15) is 18.9 Å². The summed E-state index contributed by atoms with van der Waals surface area (Å²) >= 11 is 0. The van der Waals surface area contributed by atoms with Gasteiger partial charge in [0.05, 0.1) is 6.61 Å². The fourth-order valence-corrected chi connectivity index (χ4v) is 2.61. The SMILES string of the molecule is COCCOc1ccc(C(=O)N(CC(=O)O)C2CCOCC2)cc1. The van der Waals surface area contributed by atoms with Gasteiger partial charge in [-0.3, -0.25) is 9.59 Å². The third kappa shape index (κ3) is 5.21. The molecule has 1 fully saturated rings. The van der Waals surface area contributed by atoms with Gasteiger partial charge >= 0.3 is 5.97 Å². The highest BCUT2D eigenvalue weighted by Gasteiger charge is 2.28. The zero-order valence-corrected chi connectivity index (χ0v) is 13.8. The lowest BCUT2D eigenvalue weighted by atomic mass is 10.1. The average Bonchev–Trinajstić information content (AvgIpc) is 2.60. The van der Waals surface area contributed by atoms with E-state index in [4.69, 9.17) is 19.3 Å². The lowest BCUT2D eigenvalue weighted by molar-refractivity contribution is -0.138. The van der Waals surface area contributed by atoms with E-state index in [9.17, 15) is 9.59 Å². The molecule has 0 saturated carbocycles. The predicted molar refractivity (Wildman–Crippen MR) is 86.3 cm³/mol. The van der Waals surface area contributed by atoms with E-state index < -0.39 is 5.97 Å². The van der Waals surface area contributed by atoms with Crippen molar-refractivity contribution in [3.05, 3.63) is 29.8 Å². The van der Waals surface area contributed by atoms with Gasteiger partial charge < -0.3 is 24.2 Å². The molecule has 0 atom stereocenters. The molecule has 7 heteroatoms. The first kappa shape index (κ1) is 18.2. The fourth-order valence-electron chi connectivity index (χ4n) is 2.61. The minimum atomic E-state index is -1.02. The number of benzene rings is 1. The largest absolute Gasteiger partial charge is 0.491 e. The Morgan fingerprint density at radius 3 is 2.46 bits per heavy atom. The number of methoxy groups -OCH3 is 1. The van der Waals surface area contributed by atoms with Crippen LogP contribution in [0.15, 0.2) is 24.3 Å². The van der Waals surface area contributed by atoms with Crippen LogP contribution >= 0.6 is 0 Å². The van der Waals surface area contributed by atoms with Crippen LogP contribution in [0.25, 0.3) is 0 Å². The van der Waals surface area contributed by atoms with Gasteiger partial charge in [0.2, 0.25) is 0 Å². The molecule has 132 valence electrons. The van der Waals surface area contributed by atoms with E-state index in [1.54, 1.807) is 31.4 Å². The smallest absolute Gasteiger partial charge is 0.323 e. The zero-order chi connectivity index (χ0) is 17.4. The van der Waals surface area contributed by atoms with Gasteiger partial charge in [-0.05, 0) is 37.1 Å². The van der Waals surface area contributed by atoms with E-state index >= 15 is 0 Å². The van der Waals surface area contributed by atoms with Gasteiger partial charge in [-0.1, -0.05) is 0 Å². The van der Waals surface area contributed by atoms with Gasteiger partial charge in [-0.15, -0.1) is 0 Å². The van der Waals surface area contributed by atoms with Crippen molar-refractivity contribution in [2.45, 2.75) is 18.9 Å². The van der Waals surface area contributed by atoms with Gasteiger partial charge in [-0.25, -0.2) is 0 Å². The first-order valence-electron chi connectivity index (χ1n) is 7.94. The van der Waals surface area contributed by atoms with Crippen molar-refractivity contribution in [2.75, 3.05) is 40.1 Å². The topological polar surface area (TPSA) is 85.3 Å². The molecule has 2 rings (SSSR count). The molecule has 1 aromatic carbocycles. The van der Waals surface area contributed by atoms with Crippen molar-refractivity contribution in [1.82, 2.24) is 4.90 Å². The summed E-state index contributed by atoms with van der Waals surface area (Å²) in [7, 11) is 1.60. The summed E-state index contributed by atoms with van der Waals surface area (Å²) in [4.78, 5) is 25.3. The Morgan fingerprint density at radius 1 is 1.21 bits per heavy atom. The lowest BCUT2D eigenvalue weighted by Crippen LogP contribution is -2.46. The predicted octanol–water partition coefficient (Wildman–Crippen LogP) is 1.42. The van der Waals surface area contributed by atoms with Gasteiger partial charge in [0.15, 0.2) is 0 Å². The Hall–Kier alpha value is -2.12. The molecule has 1 saturated heterocycles. The first-order valence-corrected chi connectivity index (χ1v) is 7.94. The zero-order valence-electron chi connectivity index (χ0n) is 13.8.